The molecular weight excluding hydrogens is 574 g/mol. The van der Waals surface area contributed by atoms with Crippen LogP contribution in [0.15, 0.2) is 60.2 Å². The number of piperidine rings is 1. The Balaban J connectivity index is 1.04. The lowest BCUT2D eigenvalue weighted by atomic mass is 9.77. The fourth-order valence-electron chi connectivity index (χ4n) is 6.65. The van der Waals surface area contributed by atoms with Gasteiger partial charge in [0.2, 0.25) is 5.91 Å². The summed E-state index contributed by atoms with van der Waals surface area (Å²) in [6, 6.07) is 13.5. The van der Waals surface area contributed by atoms with Gasteiger partial charge in [-0.05, 0) is 55.7 Å². The van der Waals surface area contributed by atoms with Crippen LogP contribution in [0, 0.1) is 10.8 Å². The molecule has 3 aliphatic rings. The Hall–Kier alpha value is -4.22. The Morgan fingerprint density at radius 1 is 1.02 bits per heavy atom. The summed E-state index contributed by atoms with van der Waals surface area (Å²) in [7, 11) is 1.57. The van der Waals surface area contributed by atoms with Crippen molar-refractivity contribution < 1.29 is 14.3 Å². The topological polar surface area (TPSA) is 119 Å². The second-order valence-corrected chi connectivity index (χ2v) is 12.6. The molecule has 0 saturated carbocycles. The minimum atomic E-state index is -0.453. The van der Waals surface area contributed by atoms with Crippen LogP contribution in [-0.4, -0.2) is 85.7 Å². The fraction of sp³-hybridized carbons (Fsp3) is 0.394. The van der Waals surface area contributed by atoms with E-state index in [0.29, 0.717) is 54.9 Å². The molecule has 0 unspecified atom stereocenters. The highest BCUT2D eigenvalue weighted by Crippen LogP contribution is 2.44. The van der Waals surface area contributed by atoms with Gasteiger partial charge in [-0.1, -0.05) is 0 Å². The van der Waals surface area contributed by atoms with Gasteiger partial charge in [-0.3, -0.25) is 14.5 Å². The van der Waals surface area contributed by atoms with E-state index in [9.17, 15) is 9.59 Å². The van der Waals surface area contributed by atoms with Gasteiger partial charge in [-0.2, -0.15) is 0 Å². The molecular formula is C33H39N7O3S. The van der Waals surface area contributed by atoms with Crippen LogP contribution in [-0.2, 0) is 11.3 Å². The average molecular weight is 614 g/mol. The molecule has 0 radical (unpaired) electrons. The normalized spacial score (nSPS) is 19.1. The monoisotopic (exact) mass is 613 g/mol. The third-order valence-electron chi connectivity index (χ3n) is 9.36. The molecule has 1 aromatic heterocycles. The average Bonchev–Trinajstić information content (AvgIpc) is 3.70. The number of carbonyl (C=O) groups is 2. The Morgan fingerprint density at radius 2 is 1.73 bits per heavy atom. The van der Waals surface area contributed by atoms with Crippen LogP contribution >= 0.6 is 11.3 Å². The van der Waals surface area contributed by atoms with Crippen molar-refractivity contribution in [2.45, 2.75) is 25.8 Å². The maximum atomic E-state index is 13.8. The first-order valence-corrected chi connectivity index (χ1v) is 16.0. The number of carbonyl (C=O) groups excluding carboxylic acids is 2. The lowest BCUT2D eigenvalue weighted by Gasteiger charge is -2.38. The van der Waals surface area contributed by atoms with E-state index in [1.54, 1.807) is 18.4 Å². The molecule has 230 valence electrons. The van der Waals surface area contributed by atoms with E-state index in [4.69, 9.17) is 15.9 Å². The zero-order valence-corrected chi connectivity index (χ0v) is 25.9. The standard InChI is InChI=1S/C33H39N7O3S/c1-43-29-20-27(6-7-28(29)25(21-34)22-35)40-14-10-33(32(40)42)8-12-39(13-9-33)31(41)24-2-4-26(5-3-24)38-17-15-37(16-18-38)23-30-36-11-19-44-30/h2-7,11,19-22,34H,8-10,12-18,23,35H2,1H3/b25-22+,34-21?. The van der Waals surface area contributed by atoms with Crippen LogP contribution < -0.4 is 20.3 Å². The molecule has 44 heavy (non-hydrogen) atoms. The van der Waals surface area contributed by atoms with E-state index in [0.717, 1.165) is 55.5 Å². The van der Waals surface area contributed by atoms with Crippen molar-refractivity contribution in [3.05, 3.63) is 76.4 Å². The highest BCUT2D eigenvalue weighted by molar-refractivity contribution is 7.09. The number of nitrogens with two attached hydrogens (primary N) is 1. The Kier molecular flexibility index (Phi) is 8.67. The van der Waals surface area contributed by atoms with Crippen LogP contribution in [0.3, 0.4) is 0 Å². The van der Waals surface area contributed by atoms with E-state index in [1.807, 2.05) is 51.7 Å². The number of hydrogen-bond acceptors (Lipinski definition) is 9. The van der Waals surface area contributed by atoms with Crippen LogP contribution in [0.1, 0.15) is 40.2 Å². The number of ether oxygens (including phenoxy) is 1. The number of amides is 2. The predicted octanol–water partition coefficient (Wildman–Crippen LogP) is 4.08. The number of piperazine rings is 1. The SMILES string of the molecule is COc1cc(N2CCC3(CCN(C(=O)c4ccc(N5CCN(Cc6nccs6)CC5)cc4)CC3)C2=O)ccc1/C(C=N)=C/N. The zero-order chi connectivity index (χ0) is 30.7. The number of benzene rings is 2. The van der Waals surface area contributed by atoms with Crippen molar-refractivity contribution in [3.8, 4) is 5.75 Å². The van der Waals surface area contributed by atoms with Gasteiger partial charge in [0.05, 0.1) is 19.1 Å². The van der Waals surface area contributed by atoms with Crippen LogP contribution in [0.4, 0.5) is 11.4 Å². The molecule has 0 bridgehead atoms. The third kappa shape index (κ3) is 5.81. The van der Waals surface area contributed by atoms with Gasteiger partial charge in [-0.25, -0.2) is 4.98 Å². The molecule has 6 rings (SSSR count). The summed E-state index contributed by atoms with van der Waals surface area (Å²) in [5.74, 6) is 0.700. The summed E-state index contributed by atoms with van der Waals surface area (Å²) in [4.78, 5) is 40.1. The first-order valence-electron chi connectivity index (χ1n) is 15.1. The van der Waals surface area contributed by atoms with Gasteiger partial charge in [0, 0.05) is 104 Å². The fourth-order valence-corrected chi connectivity index (χ4v) is 7.31. The Labute approximate surface area is 262 Å². The molecule has 2 amide bonds. The molecule has 1 spiro atoms. The van der Waals surface area contributed by atoms with Crippen LogP contribution in [0.25, 0.3) is 5.57 Å². The Morgan fingerprint density at radius 3 is 2.36 bits per heavy atom. The lowest BCUT2D eigenvalue weighted by molar-refractivity contribution is -0.127. The summed E-state index contributed by atoms with van der Waals surface area (Å²) < 4.78 is 5.56. The molecule has 0 atom stereocenters. The number of nitrogens with one attached hydrogen (secondary N) is 1. The van der Waals surface area contributed by atoms with Gasteiger partial charge in [0.1, 0.15) is 10.8 Å². The minimum Gasteiger partial charge on any atom is -0.496 e. The number of anilines is 2. The van der Waals surface area contributed by atoms with Gasteiger partial charge in [0.15, 0.2) is 0 Å². The highest BCUT2D eigenvalue weighted by atomic mass is 32.1. The summed E-state index contributed by atoms with van der Waals surface area (Å²) >= 11 is 1.70. The van der Waals surface area contributed by atoms with Crippen molar-refractivity contribution in [2.24, 2.45) is 11.1 Å². The van der Waals surface area contributed by atoms with Crippen molar-refractivity contribution in [1.29, 1.82) is 5.41 Å². The number of methoxy groups -OCH3 is 1. The quantitative estimate of drug-likeness (QED) is 0.368. The summed E-state index contributed by atoms with van der Waals surface area (Å²) in [5.41, 5.74) is 9.08. The van der Waals surface area contributed by atoms with Gasteiger partial charge >= 0.3 is 0 Å². The largest absolute Gasteiger partial charge is 0.496 e. The summed E-state index contributed by atoms with van der Waals surface area (Å²) in [5, 5.41) is 10.8. The van der Waals surface area contributed by atoms with Crippen molar-refractivity contribution in [3.63, 3.8) is 0 Å². The Bertz CT molecular complexity index is 1520. The number of likely N-dealkylation sites (tertiary alicyclic amines) is 1. The number of hydrogen-bond donors (Lipinski definition) is 2. The minimum absolute atomic E-state index is 0.0252. The van der Waals surface area contributed by atoms with E-state index < -0.39 is 5.41 Å². The summed E-state index contributed by atoms with van der Waals surface area (Å²) in [6.45, 7) is 6.53. The molecule has 3 N–H and O–H groups in total. The van der Waals surface area contributed by atoms with Gasteiger partial charge < -0.3 is 30.6 Å². The number of allylic oxidation sites excluding steroid dienone is 1. The van der Waals surface area contributed by atoms with Crippen molar-refractivity contribution in [1.82, 2.24) is 14.8 Å². The number of rotatable bonds is 8. The maximum absolute atomic E-state index is 13.8. The third-order valence-corrected chi connectivity index (χ3v) is 10.1. The molecule has 3 saturated heterocycles. The predicted molar refractivity (Wildman–Crippen MR) is 175 cm³/mol. The van der Waals surface area contributed by atoms with Crippen LogP contribution in [0.2, 0.25) is 0 Å². The molecule has 3 fully saturated rings. The molecule has 3 aliphatic heterocycles. The highest BCUT2D eigenvalue weighted by Gasteiger charge is 2.49. The smallest absolute Gasteiger partial charge is 0.253 e. The molecule has 3 aromatic rings. The van der Waals surface area contributed by atoms with Crippen molar-refractivity contribution >= 4 is 46.3 Å². The van der Waals surface area contributed by atoms with E-state index in [-0.39, 0.29) is 11.8 Å². The van der Waals surface area contributed by atoms with E-state index >= 15 is 0 Å². The lowest BCUT2D eigenvalue weighted by Crippen LogP contribution is -2.46. The van der Waals surface area contributed by atoms with Crippen LogP contribution in [0.5, 0.6) is 5.75 Å². The van der Waals surface area contributed by atoms with Gasteiger partial charge in [-0.15, -0.1) is 11.3 Å². The second kappa shape index (κ2) is 12.8. The molecule has 0 aliphatic carbocycles. The van der Waals surface area contributed by atoms with Gasteiger partial charge in [0.25, 0.3) is 5.91 Å². The van der Waals surface area contributed by atoms with E-state index in [2.05, 4.69) is 26.9 Å². The molecule has 11 heteroatoms. The van der Waals surface area contributed by atoms with E-state index in [1.165, 1.54) is 12.4 Å². The molecule has 10 nitrogen and oxygen atoms in total. The number of aromatic nitrogens is 1. The number of nitrogens with zero attached hydrogens (tertiary/aromatic N) is 5. The summed E-state index contributed by atoms with van der Waals surface area (Å²) in [6.07, 6.45) is 6.49. The number of thiazole rings is 1. The second-order valence-electron chi connectivity index (χ2n) is 11.7. The molecule has 4 heterocycles. The maximum Gasteiger partial charge on any atom is 0.253 e. The first kappa shape index (κ1) is 29.8. The molecule has 2 aromatic carbocycles. The first-order chi connectivity index (χ1) is 21.4. The zero-order valence-electron chi connectivity index (χ0n) is 25.1. The van der Waals surface area contributed by atoms with Crippen molar-refractivity contribution in [2.75, 3.05) is 62.7 Å².